The first-order valence-corrected chi connectivity index (χ1v) is 15.7. The van der Waals surface area contributed by atoms with Crippen LogP contribution in [-0.2, 0) is 22.6 Å². The van der Waals surface area contributed by atoms with Crippen LogP contribution in [-0.4, -0.2) is 81.0 Å². The lowest BCUT2D eigenvalue weighted by molar-refractivity contribution is 0.0431. The minimum atomic E-state index is -0.349. The van der Waals surface area contributed by atoms with Crippen LogP contribution in [0.2, 0.25) is 0 Å². The highest BCUT2D eigenvalue weighted by molar-refractivity contribution is 5.95. The molecule has 0 bridgehead atoms. The van der Waals surface area contributed by atoms with Crippen molar-refractivity contribution in [1.82, 2.24) is 15.1 Å². The lowest BCUT2D eigenvalue weighted by atomic mass is 9.94. The summed E-state index contributed by atoms with van der Waals surface area (Å²) in [7, 11) is 3.24. The van der Waals surface area contributed by atoms with Crippen LogP contribution in [0.4, 0.5) is 4.79 Å². The highest BCUT2D eigenvalue weighted by atomic mass is 16.6. The minimum absolute atomic E-state index is 0.0361. The molecule has 0 aliphatic carbocycles. The molecule has 4 rings (SSSR count). The van der Waals surface area contributed by atoms with Crippen LogP contribution >= 0.6 is 0 Å². The highest BCUT2D eigenvalue weighted by Gasteiger charge is 2.33. The van der Waals surface area contributed by atoms with Crippen LogP contribution in [0.5, 0.6) is 11.5 Å². The Balaban J connectivity index is 1.41. The van der Waals surface area contributed by atoms with E-state index in [0.717, 1.165) is 24.0 Å². The summed E-state index contributed by atoms with van der Waals surface area (Å²) >= 11 is 0. The largest absolute Gasteiger partial charge is 0.493 e. The predicted octanol–water partition coefficient (Wildman–Crippen LogP) is 5.78. The number of carbonyl (C=O) groups is 2. The average Bonchev–Trinajstić information content (AvgIpc) is 3.06. The summed E-state index contributed by atoms with van der Waals surface area (Å²) in [5, 5.41) is 3.47. The van der Waals surface area contributed by atoms with Crippen molar-refractivity contribution in [3.05, 3.63) is 95.6 Å². The molecule has 0 aromatic heterocycles. The summed E-state index contributed by atoms with van der Waals surface area (Å²) in [6.07, 6.45) is 1.10. The number of amides is 2. The molecule has 1 heterocycles. The molecule has 0 saturated carbocycles. The van der Waals surface area contributed by atoms with Gasteiger partial charge in [-0.1, -0.05) is 60.7 Å². The first-order chi connectivity index (χ1) is 21.9. The maximum atomic E-state index is 13.9. The summed E-state index contributed by atoms with van der Waals surface area (Å²) in [5.74, 6) is 1.10. The summed E-state index contributed by atoms with van der Waals surface area (Å²) in [6, 6.07) is 25.1. The molecule has 3 aromatic rings. The molecule has 242 valence electrons. The van der Waals surface area contributed by atoms with Gasteiger partial charge < -0.3 is 29.2 Å². The molecule has 1 saturated heterocycles. The molecule has 1 fully saturated rings. The summed E-state index contributed by atoms with van der Waals surface area (Å²) in [5.41, 5.74) is 2.62. The zero-order valence-corrected chi connectivity index (χ0v) is 26.9. The van der Waals surface area contributed by atoms with Crippen LogP contribution in [0.15, 0.2) is 78.9 Å². The molecule has 1 aliphatic rings. The van der Waals surface area contributed by atoms with Gasteiger partial charge in [-0.15, -0.1) is 0 Å². The Morgan fingerprint density at radius 2 is 1.53 bits per heavy atom. The van der Waals surface area contributed by atoms with Gasteiger partial charge in [0.1, 0.15) is 0 Å². The fourth-order valence-corrected chi connectivity index (χ4v) is 5.70. The van der Waals surface area contributed by atoms with Gasteiger partial charge >= 0.3 is 6.09 Å². The fourth-order valence-electron chi connectivity index (χ4n) is 5.70. The second-order valence-corrected chi connectivity index (χ2v) is 11.7. The Morgan fingerprint density at radius 3 is 2.13 bits per heavy atom. The Bertz CT molecular complexity index is 1300. The summed E-state index contributed by atoms with van der Waals surface area (Å²) in [6.45, 7) is 7.65. The van der Waals surface area contributed by atoms with Crippen molar-refractivity contribution in [1.29, 1.82) is 0 Å². The van der Waals surface area contributed by atoms with Gasteiger partial charge in [0.05, 0.1) is 20.3 Å². The molecule has 45 heavy (non-hydrogen) atoms. The maximum absolute atomic E-state index is 13.9. The molecule has 0 unspecified atom stereocenters. The average molecular weight is 618 g/mol. The Kier molecular flexibility index (Phi) is 13.1. The Morgan fingerprint density at radius 1 is 0.867 bits per heavy atom. The van der Waals surface area contributed by atoms with E-state index in [1.807, 2.05) is 79.4 Å². The number of rotatable bonds is 15. The van der Waals surface area contributed by atoms with E-state index in [4.69, 9.17) is 18.9 Å². The highest BCUT2D eigenvalue weighted by Crippen LogP contribution is 2.30. The number of carbonyl (C=O) groups excluding carboxylic acids is 2. The summed E-state index contributed by atoms with van der Waals surface area (Å²) < 4.78 is 22.4. The van der Waals surface area contributed by atoms with Crippen molar-refractivity contribution < 1.29 is 28.5 Å². The zero-order valence-electron chi connectivity index (χ0n) is 26.9. The molecule has 1 N–H and O–H groups in total. The topological polar surface area (TPSA) is 89.6 Å². The molecular weight excluding hydrogens is 570 g/mol. The lowest BCUT2D eigenvalue weighted by Gasteiger charge is -2.40. The van der Waals surface area contributed by atoms with E-state index in [2.05, 4.69) is 5.32 Å². The molecule has 1 aliphatic heterocycles. The summed E-state index contributed by atoms with van der Waals surface area (Å²) in [4.78, 5) is 31.0. The number of piperidine rings is 1. The molecule has 2 amide bonds. The van der Waals surface area contributed by atoms with E-state index in [0.29, 0.717) is 56.5 Å². The van der Waals surface area contributed by atoms with Gasteiger partial charge in [-0.3, -0.25) is 9.69 Å². The number of hydrogen-bond donors (Lipinski definition) is 1. The van der Waals surface area contributed by atoms with E-state index in [-0.39, 0.29) is 36.6 Å². The van der Waals surface area contributed by atoms with Gasteiger partial charge in [0, 0.05) is 69.9 Å². The maximum Gasteiger partial charge on any atom is 0.410 e. The minimum Gasteiger partial charge on any atom is -0.493 e. The molecular formula is C36H47N3O6. The molecule has 9 nitrogen and oxygen atoms in total. The first kappa shape index (κ1) is 33.8. The number of nitrogens with one attached hydrogen (secondary N) is 1. The number of ether oxygens (including phenoxy) is 4. The number of benzene rings is 3. The van der Waals surface area contributed by atoms with Gasteiger partial charge in [-0.05, 0) is 49.6 Å². The van der Waals surface area contributed by atoms with E-state index >= 15 is 0 Å². The molecule has 2 atom stereocenters. The SMILES string of the molecule is COCCCOc1cc(C(=O)N(C(C)C)[C@H]2CNC[C@@H](COC(=O)N(Cc3ccccc3)Cc3ccccc3)C2)ccc1OC. The fraction of sp³-hybridized carbons (Fsp3) is 0.444. The molecule has 0 radical (unpaired) electrons. The predicted molar refractivity (Wildman–Crippen MR) is 175 cm³/mol. The lowest BCUT2D eigenvalue weighted by Crippen LogP contribution is -2.54. The standard InChI is InChI=1S/C36H47N3O6/c1-27(2)39(35(40)31-16-17-33(43-4)34(21-31)44-19-11-18-42-3)32-20-30(22-37-23-32)26-45-36(41)38(24-28-12-7-5-8-13-28)25-29-14-9-6-10-15-29/h5-10,12-17,21,27,30,32,37H,11,18-20,22-26H2,1-4H3/t30-,32+/m0/s1. The number of hydrogen-bond acceptors (Lipinski definition) is 7. The van der Waals surface area contributed by atoms with Crippen LogP contribution in [0.1, 0.15) is 48.2 Å². The molecule has 3 aromatic carbocycles. The van der Waals surface area contributed by atoms with E-state index in [1.54, 1.807) is 37.3 Å². The Labute approximate surface area is 267 Å². The Hall–Kier alpha value is -4.08. The van der Waals surface area contributed by atoms with Gasteiger partial charge in [-0.2, -0.15) is 0 Å². The van der Waals surface area contributed by atoms with Crippen molar-refractivity contribution in [2.75, 3.05) is 47.1 Å². The van der Waals surface area contributed by atoms with Crippen LogP contribution < -0.4 is 14.8 Å². The van der Waals surface area contributed by atoms with E-state index in [1.165, 1.54) is 0 Å². The van der Waals surface area contributed by atoms with Gasteiger partial charge in [0.25, 0.3) is 5.91 Å². The van der Waals surface area contributed by atoms with Gasteiger partial charge in [0.2, 0.25) is 0 Å². The van der Waals surface area contributed by atoms with Crippen molar-refractivity contribution in [3.8, 4) is 11.5 Å². The third-order valence-corrected chi connectivity index (χ3v) is 7.90. The molecule has 9 heteroatoms. The van der Waals surface area contributed by atoms with Gasteiger partial charge in [-0.25, -0.2) is 4.79 Å². The van der Waals surface area contributed by atoms with Crippen molar-refractivity contribution >= 4 is 12.0 Å². The third-order valence-electron chi connectivity index (χ3n) is 7.90. The molecule has 0 spiro atoms. The van der Waals surface area contributed by atoms with Crippen LogP contribution in [0.25, 0.3) is 0 Å². The van der Waals surface area contributed by atoms with Crippen molar-refractivity contribution in [2.24, 2.45) is 5.92 Å². The number of nitrogens with zero attached hydrogens (tertiary/aromatic N) is 2. The van der Waals surface area contributed by atoms with Crippen molar-refractivity contribution in [2.45, 2.75) is 51.9 Å². The first-order valence-electron chi connectivity index (χ1n) is 15.7. The third kappa shape index (κ3) is 9.96. The second kappa shape index (κ2) is 17.4. The number of methoxy groups -OCH3 is 2. The van der Waals surface area contributed by atoms with E-state index < -0.39 is 0 Å². The smallest absolute Gasteiger partial charge is 0.410 e. The second-order valence-electron chi connectivity index (χ2n) is 11.7. The zero-order chi connectivity index (χ0) is 32.0. The van der Waals surface area contributed by atoms with Crippen LogP contribution in [0, 0.1) is 5.92 Å². The van der Waals surface area contributed by atoms with E-state index in [9.17, 15) is 9.59 Å². The van der Waals surface area contributed by atoms with Crippen molar-refractivity contribution in [3.63, 3.8) is 0 Å². The quantitative estimate of drug-likeness (QED) is 0.216. The van der Waals surface area contributed by atoms with Gasteiger partial charge in [0.15, 0.2) is 11.5 Å². The monoisotopic (exact) mass is 617 g/mol. The normalized spacial score (nSPS) is 16.2. The van der Waals surface area contributed by atoms with Crippen LogP contribution in [0.3, 0.4) is 0 Å².